The highest BCUT2D eigenvalue weighted by molar-refractivity contribution is 5.78. The summed E-state index contributed by atoms with van der Waals surface area (Å²) in [6.45, 7) is 10.0. The number of hydrogen-bond donors (Lipinski definition) is 2. The predicted molar refractivity (Wildman–Crippen MR) is 230 cm³/mol. The maximum atomic E-state index is 12.5. The van der Waals surface area contributed by atoms with Gasteiger partial charge < -0.3 is 15.2 Å². The van der Waals surface area contributed by atoms with Gasteiger partial charge in [0.1, 0.15) is 5.78 Å². The summed E-state index contributed by atoms with van der Waals surface area (Å²) in [4.78, 5) is 12.5. The first-order chi connectivity index (χ1) is 25.7. The summed E-state index contributed by atoms with van der Waals surface area (Å²) >= 11 is 0. The monoisotopic (exact) mass is 730 g/mol. The van der Waals surface area contributed by atoms with Crippen molar-refractivity contribution >= 4 is 5.78 Å². The Kier molecular flexibility index (Phi) is 43.1. The van der Waals surface area contributed by atoms with Crippen molar-refractivity contribution in [2.24, 2.45) is 5.92 Å². The van der Waals surface area contributed by atoms with Gasteiger partial charge in [-0.05, 0) is 44.9 Å². The third-order valence-electron chi connectivity index (χ3n) is 10.6. The molecular formula is C48H91NO3. The van der Waals surface area contributed by atoms with E-state index >= 15 is 0 Å². The van der Waals surface area contributed by atoms with E-state index in [4.69, 9.17) is 4.74 Å². The quantitative estimate of drug-likeness (QED) is 0.0484. The summed E-state index contributed by atoms with van der Waals surface area (Å²) < 4.78 is 5.78. The molecule has 0 saturated carbocycles. The zero-order valence-corrected chi connectivity index (χ0v) is 35.2. The van der Waals surface area contributed by atoms with Gasteiger partial charge in [0.15, 0.2) is 0 Å². The Balaban J connectivity index is 3.85. The van der Waals surface area contributed by atoms with Crippen LogP contribution in [0.4, 0.5) is 0 Å². The molecule has 0 fully saturated rings. The summed E-state index contributed by atoms with van der Waals surface area (Å²) in [7, 11) is 0. The van der Waals surface area contributed by atoms with E-state index in [0.717, 1.165) is 19.3 Å². The van der Waals surface area contributed by atoms with E-state index in [-0.39, 0.29) is 18.6 Å². The van der Waals surface area contributed by atoms with Crippen LogP contribution in [0, 0.1) is 5.92 Å². The number of unbranched alkanes of at least 4 members (excludes halogenated alkanes) is 28. The van der Waals surface area contributed by atoms with Crippen LogP contribution in [0.25, 0.3) is 0 Å². The molecule has 0 aliphatic carbocycles. The first kappa shape index (κ1) is 50.8. The van der Waals surface area contributed by atoms with Crippen molar-refractivity contribution in [3.63, 3.8) is 0 Å². The summed E-state index contributed by atoms with van der Waals surface area (Å²) in [5.74, 6) is 0.420. The van der Waals surface area contributed by atoms with Crippen LogP contribution < -0.4 is 5.32 Å². The Hall–Kier alpha value is -1.23. The topological polar surface area (TPSA) is 58.6 Å². The average molecular weight is 730 g/mol. The van der Waals surface area contributed by atoms with Gasteiger partial charge in [-0.3, -0.25) is 4.79 Å². The minimum absolute atomic E-state index is 0.0378. The maximum absolute atomic E-state index is 12.5. The summed E-state index contributed by atoms with van der Waals surface area (Å²) in [5, 5.41) is 13.6. The third-order valence-corrected chi connectivity index (χ3v) is 10.6. The fourth-order valence-corrected chi connectivity index (χ4v) is 7.12. The van der Waals surface area contributed by atoms with Gasteiger partial charge in [0, 0.05) is 31.3 Å². The molecule has 0 spiro atoms. The molecule has 4 nitrogen and oxygen atoms in total. The van der Waals surface area contributed by atoms with Crippen molar-refractivity contribution in [1.82, 2.24) is 5.32 Å². The van der Waals surface area contributed by atoms with Crippen molar-refractivity contribution in [2.75, 3.05) is 26.4 Å². The van der Waals surface area contributed by atoms with Crippen LogP contribution in [-0.4, -0.2) is 43.3 Å². The maximum Gasteiger partial charge on any atom is 0.134 e. The molecule has 0 radical (unpaired) electrons. The largest absolute Gasteiger partial charge is 0.395 e. The lowest BCUT2D eigenvalue weighted by Crippen LogP contribution is -2.41. The molecule has 0 aromatic heterocycles. The van der Waals surface area contributed by atoms with Crippen LogP contribution in [0.1, 0.15) is 226 Å². The van der Waals surface area contributed by atoms with Crippen LogP contribution in [-0.2, 0) is 9.53 Å². The van der Waals surface area contributed by atoms with Crippen LogP contribution in [0.5, 0.6) is 0 Å². The average Bonchev–Trinajstić information content (AvgIpc) is 3.15. The normalized spacial score (nSPS) is 13.1. The fourth-order valence-electron chi connectivity index (χ4n) is 7.12. The number of ether oxygens (including phenoxy) is 1. The number of aliphatic hydroxyl groups excluding tert-OH is 1. The number of hydrogen-bond acceptors (Lipinski definition) is 4. The van der Waals surface area contributed by atoms with Gasteiger partial charge in [-0.1, -0.05) is 198 Å². The SMILES string of the molecule is C=CCOC[C@H](/C=C/CCCCCCCCCCCCC)[C@H](CO)NCCC(=O)CCCCCCCCCCCCC/C=C\CCCCCCCC. The highest BCUT2D eigenvalue weighted by Gasteiger charge is 2.18. The Morgan fingerprint density at radius 2 is 0.981 bits per heavy atom. The minimum atomic E-state index is -0.104. The standard InChI is InChI=1S/C48H91NO3/c1-4-7-9-11-13-15-17-19-20-21-22-23-24-25-26-28-30-32-34-36-38-40-47(51)41-42-49-48(44-50)46(45-52-43-6-3)39-37-35-33-31-29-27-18-16-14-12-10-8-5-2/h6,19-20,37,39,46,48-50H,3-5,7-18,21-36,38,40-45H2,1-2H3/b20-19-,39-37+/t46-,48-/m0/s1. The van der Waals surface area contributed by atoms with Gasteiger partial charge in [0.25, 0.3) is 0 Å². The van der Waals surface area contributed by atoms with E-state index < -0.39 is 0 Å². The second kappa shape index (κ2) is 44.2. The first-order valence-electron chi connectivity index (χ1n) is 23.1. The van der Waals surface area contributed by atoms with Crippen LogP contribution in [0.15, 0.2) is 37.0 Å². The number of Topliss-reactive ketones (excluding diaryl/α,β-unsaturated/α-hetero) is 1. The Morgan fingerprint density at radius 1 is 0.577 bits per heavy atom. The number of ketones is 1. The second-order valence-corrected chi connectivity index (χ2v) is 15.7. The van der Waals surface area contributed by atoms with E-state index in [9.17, 15) is 9.90 Å². The number of carbonyl (C=O) groups excluding carboxylic acids is 1. The molecule has 0 aromatic rings. The molecule has 306 valence electrons. The second-order valence-electron chi connectivity index (χ2n) is 15.7. The molecule has 0 saturated heterocycles. The van der Waals surface area contributed by atoms with Crippen molar-refractivity contribution in [3.8, 4) is 0 Å². The highest BCUT2D eigenvalue weighted by atomic mass is 16.5. The van der Waals surface area contributed by atoms with Crippen LogP contribution in [0.2, 0.25) is 0 Å². The lowest BCUT2D eigenvalue weighted by atomic mass is 9.99. The van der Waals surface area contributed by atoms with Crippen molar-refractivity contribution in [2.45, 2.75) is 232 Å². The van der Waals surface area contributed by atoms with Crippen molar-refractivity contribution in [1.29, 1.82) is 0 Å². The fraction of sp³-hybridized carbons (Fsp3) is 0.854. The lowest BCUT2D eigenvalue weighted by Gasteiger charge is -2.24. The van der Waals surface area contributed by atoms with Crippen molar-refractivity contribution in [3.05, 3.63) is 37.0 Å². The summed E-state index contributed by atoms with van der Waals surface area (Å²) in [6, 6.07) is -0.104. The molecular weight excluding hydrogens is 639 g/mol. The van der Waals surface area contributed by atoms with E-state index in [1.54, 1.807) is 6.08 Å². The van der Waals surface area contributed by atoms with Gasteiger partial charge in [0.05, 0.1) is 19.8 Å². The molecule has 0 amide bonds. The number of rotatable bonds is 44. The molecule has 0 aliphatic heterocycles. The van der Waals surface area contributed by atoms with Gasteiger partial charge in [-0.2, -0.15) is 0 Å². The minimum Gasteiger partial charge on any atom is -0.395 e. The molecule has 0 aliphatic rings. The number of carbonyl (C=O) groups is 1. The van der Waals surface area contributed by atoms with Gasteiger partial charge in [-0.15, -0.1) is 6.58 Å². The van der Waals surface area contributed by atoms with E-state index in [1.807, 2.05) is 0 Å². The van der Waals surface area contributed by atoms with Gasteiger partial charge >= 0.3 is 0 Å². The summed E-state index contributed by atoms with van der Waals surface area (Å²) in [6.07, 6.45) is 53.5. The first-order valence-corrected chi connectivity index (χ1v) is 23.1. The lowest BCUT2D eigenvalue weighted by molar-refractivity contribution is -0.119. The molecule has 0 bridgehead atoms. The molecule has 0 rings (SSSR count). The molecule has 2 N–H and O–H groups in total. The number of nitrogens with one attached hydrogen (secondary N) is 1. The van der Waals surface area contributed by atoms with E-state index in [2.05, 4.69) is 50.0 Å². The van der Waals surface area contributed by atoms with Gasteiger partial charge in [0.2, 0.25) is 0 Å². The third kappa shape index (κ3) is 38.5. The molecule has 2 atom stereocenters. The van der Waals surface area contributed by atoms with E-state index in [0.29, 0.717) is 38.4 Å². The predicted octanol–water partition coefficient (Wildman–Crippen LogP) is 14.4. The number of allylic oxidation sites excluding steroid dienone is 3. The highest BCUT2D eigenvalue weighted by Crippen LogP contribution is 2.16. The molecule has 4 heteroatoms. The summed E-state index contributed by atoms with van der Waals surface area (Å²) in [5.41, 5.74) is 0. The van der Waals surface area contributed by atoms with E-state index in [1.165, 1.54) is 180 Å². The molecule has 0 aromatic carbocycles. The molecule has 0 heterocycles. The smallest absolute Gasteiger partial charge is 0.134 e. The van der Waals surface area contributed by atoms with Crippen molar-refractivity contribution < 1.29 is 14.6 Å². The van der Waals surface area contributed by atoms with Crippen LogP contribution >= 0.6 is 0 Å². The molecule has 52 heavy (non-hydrogen) atoms. The Morgan fingerprint density at radius 3 is 1.40 bits per heavy atom. The zero-order chi connectivity index (χ0) is 37.8. The Bertz CT molecular complexity index is 778. The zero-order valence-electron chi connectivity index (χ0n) is 35.2. The van der Waals surface area contributed by atoms with Crippen LogP contribution in [0.3, 0.4) is 0 Å². The molecule has 0 unspecified atom stereocenters. The van der Waals surface area contributed by atoms with Gasteiger partial charge in [-0.25, -0.2) is 0 Å². The Labute approximate surface area is 325 Å². The number of aliphatic hydroxyl groups is 1.